The number of hydrogen-bond acceptors (Lipinski definition) is 6. The molecule has 31 heavy (non-hydrogen) atoms. The van der Waals surface area contributed by atoms with Crippen molar-refractivity contribution in [2.24, 2.45) is 0 Å². The van der Waals surface area contributed by atoms with Crippen LogP contribution in [0.5, 0.6) is 17.2 Å². The monoisotopic (exact) mass is 424 g/mol. The van der Waals surface area contributed by atoms with Gasteiger partial charge in [-0.2, -0.15) is 0 Å². The smallest absolute Gasteiger partial charge is 0.342 e. The van der Waals surface area contributed by atoms with Crippen LogP contribution in [0.25, 0.3) is 0 Å². The van der Waals surface area contributed by atoms with Gasteiger partial charge in [-0.15, -0.1) is 0 Å². The second-order valence-corrected chi connectivity index (χ2v) is 6.35. The SMILES string of the molecule is COc1ccc(C(=O)COC(=O)c2ccccc2OCCOc2ccccc2)cc1F. The van der Waals surface area contributed by atoms with E-state index in [1.807, 2.05) is 30.3 Å². The van der Waals surface area contributed by atoms with Crippen LogP contribution in [0.15, 0.2) is 72.8 Å². The summed E-state index contributed by atoms with van der Waals surface area (Å²) in [6.07, 6.45) is 0. The normalized spacial score (nSPS) is 10.3. The number of rotatable bonds is 10. The molecule has 0 fully saturated rings. The molecule has 0 heterocycles. The third-order valence-electron chi connectivity index (χ3n) is 4.27. The van der Waals surface area contributed by atoms with Gasteiger partial charge in [0.05, 0.1) is 7.11 Å². The molecule has 7 heteroatoms. The molecule has 0 bridgehead atoms. The van der Waals surface area contributed by atoms with Gasteiger partial charge in [-0.1, -0.05) is 30.3 Å². The van der Waals surface area contributed by atoms with Gasteiger partial charge in [0.2, 0.25) is 0 Å². The average molecular weight is 424 g/mol. The average Bonchev–Trinajstić information content (AvgIpc) is 2.81. The molecule has 0 saturated carbocycles. The molecule has 0 aromatic heterocycles. The Bertz CT molecular complexity index is 1040. The lowest BCUT2D eigenvalue weighted by Gasteiger charge is -2.12. The lowest BCUT2D eigenvalue weighted by atomic mass is 10.1. The molecule has 0 aliphatic carbocycles. The van der Waals surface area contributed by atoms with Crippen LogP contribution in [-0.4, -0.2) is 38.7 Å². The number of esters is 1. The first-order chi connectivity index (χ1) is 15.1. The maximum atomic E-state index is 13.8. The van der Waals surface area contributed by atoms with Gasteiger partial charge in [0.25, 0.3) is 0 Å². The zero-order valence-electron chi connectivity index (χ0n) is 16.9. The van der Waals surface area contributed by atoms with Crippen molar-refractivity contribution in [3.05, 3.63) is 89.7 Å². The summed E-state index contributed by atoms with van der Waals surface area (Å²) in [6, 6.07) is 19.6. The van der Waals surface area contributed by atoms with Crippen molar-refractivity contribution in [1.29, 1.82) is 0 Å². The molecule has 0 radical (unpaired) electrons. The van der Waals surface area contributed by atoms with E-state index in [0.717, 1.165) is 6.07 Å². The van der Waals surface area contributed by atoms with Crippen LogP contribution in [0.3, 0.4) is 0 Å². The van der Waals surface area contributed by atoms with E-state index in [0.29, 0.717) is 11.5 Å². The summed E-state index contributed by atoms with van der Waals surface area (Å²) >= 11 is 0. The number of benzene rings is 3. The van der Waals surface area contributed by atoms with Crippen LogP contribution in [0.4, 0.5) is 4.39 Å². The minimum atomic E-state index is -0.720. The molecule has 0 saturated heterocycles. The van der Waals surface area contributed by atoms with E-state index in [1.54, 1.807) is 18.2 Å². The maximum Gasteiger partial charge on any atom is 0.342 e. The Kier molecular flexibility index (Phi) is 7.59. The Labute approximate surface area is 179 Å². The highest BCUT2D eigenvalue weighted by molar-refractivity contribution is 6.00. The second-order valence-electron chi connectivity index (χ2n) is 6.35. The summed E-state index contributed by atoms with van der Waals surface area (Å²) in [5.41, 5.74) is 0.254. The predicted molar refractivity (Wildman–Crippen MR) is 111 cm³/mol. The summed E-state index contributed by atoms with van der Waals surface area (Å²) in [7, 11) is 1.33. The van der Waals surface area contributed by atoms with Gasteiger partial charge in [-0.3, -0.25) is 4.79 Å². The number of halogens is 1. The van der Waals surface area contributed by atoms with Gasteiger partial charge in [-0.05, 0) is 42.5 Å². The Morgan fingerprint density at radius 1 is 0.839 bits per heavy atom. The van der Waals surface area contributed by atoms with Crippen molar-refractivity contribution < 1.29 is 32.9 Å². The topological polar surface area (TPSA) is 71.1 Å². The number of carbonyl (C=O) groups is 2. The van der Waals surface area contributed by atoms with Gasteiger partial charge in [0, 0.05) is 5.56 Å². The van der Waals surface area contributed by atoms with E-state index in [1.165, 1.54) is 25.3 Å². The number of ether oxygens (including phenoxy) is 4. The van der Waals surface area contributed by atoms with Gasteiger partial charge in [0.15, 0.2) is 24.0 Å². The van der Waals surface area contributed by atoms with Crippen molar-refractivity contribution in [2.45, 2.75) is 0 Å². The van der Waals surface area contributed by atoms with Crippen molar-refractivity contribution in [1.82, 2.24) is 0 Å². The van der Waals surface area contributed by atoms with Gasteiger partial charge < -0.3 is 18.9 Å². The molecule has 0 aliphatic rings. The van der Waals surface area contributed by atoms with Crippen molar-refractivity contribution >= 4 is 11.8 Å². The Hall–Kier alpha value is -3.87. The number of methoxy groups -OCH3 is 1. The Morgan fingerprint density at radius 3 is 2.29 bits per heavy atom. The highest BCUT2D eigenvalue weighted by Crippen LogP contribution is 2.20. The number of carbonyl (C=O) groups excluding carboxylic acids is 2. The van der Waals surface area contributed by atoms with Gasteiger partial charge >= 0.3 is 5.97 Å². The molecule has 160 valence electrons. The molecule has 0 atom stereocenters. The fourth-order valence-electron chi connectivity index (χ4n) is 2.72. The lowest BCUT2D eigenvalue weighted by molar-refractivity contribution is 0.0470. The van der Waals surface area contributed by atoms with E-state index in [4.69, 9.17) is 18.9 Å². The predicted octanol–water partition coefficient (Wildman–Crippen LogP) is 4.33. The zero-order valence-corrected chi connectivity index (χ0v) is 16.9. The highest BCUT2D eigenvalue weighted by atomic mass is 19.1. The molecule has 0 amide bonds. The molecule has 0 aliphatic heterocycles. The van der Waals surface area contributed by atoms with Crippen molar-refractivity contribution in [3.63, 3.8) is 0 Å². The standard InChI is InChI=1S/C24H21FO6/c1-28-23-12-11-17(15-20(23)25)21(26)16-31-24(27)19-9-5-6-10-22(19)30-14-13-29-18-7-3-2-4-8-18/h2-12,15H,13-14,16H2,1H3. The molecule has 3 aromatic carbocycles. The maximum absolute atomic E-state index is 13.8. The third-order valence-corrected chi connectivity index (χ3v) is 4.27. The second kappa shape index (κ2) is 10.8. The van der Waals surface area contributed by atoms with Crippen LogP contribution < -0.4 is 14.2 Å². The van der Waals surface area contributed by atoms with Crippen LogP contribution in [0.1, 0.15) is 20.7 Å². The summed E-state index contributed by atoms with van der Waals surface area (Å²) in [5.74, 6) is -0.877. The number of Topliss-reactive ketones (excluding diaryl/α,β-unsaturated/α-hetero) is 1. The molecular weight excluding hydrogens is 403 g/mol. The van der Waals surface area contributed by atoms with E-state index in [9.17, 15) is 14.0 Å². The fourth-order valence-corrected chi connectivity index (χ4v) is 2.72. The third kappa shape index (κ3) is 6.05. The number of hydrogen-bond donors (Lipinski definition) is 0. The van der Waals surface area contributed by atoms with Crippen molar-refractivity contribution in [3.8, 4) is 17.2 Å². The molecule has 0 spiro atoms. The molecule has 3 aromatic rings. The summed E-state index contributed by atoms with van der Waals surface area (Å²) < 4.78 is 34.9. The van der Waals surface area contributed by atoms with Gasteiger partial charge in [-0.25, -0.2) is 9.18 Å². The van der Waals surface area contributed by atoms with Crippen LogP contribution in [-0.2, 0) is 4.74 Å². The molecule has 6 nitrogen and oxygen atoms in total. The lowest BCUT2D eigenvalue weighted by Crippen LogP contribution is -2.16. The molecule has 0 unspecified atom stereocenters. The van der Waals surface area contributed by atoms with Crippen LogP contribution in [0.2, 0.25) is 0 Å². The van der Waals surface area contributed by atoms with Crippen LogP contribution in [0, 0.1) is 5.82 Å². The first-order valence-electron chi connectivity index (χ1n) is 9.52. The number of ketones is 1. The highest BCUT2D eigenvalue weighted by Gasteiger charge is 2.17. The zero-order chi connectivity index (χ0) is 22.1. The summed E-state index contributed by atoms with van der Waals surface area (Å²) in [4.78, 5) is 24.7. The Balaban J connectivity index is 1.54. The molecule has 3 rings (SSSR count). The van der Waals surface area contributed by atoms with E-state index in [-0.39, 0.29) is 30.1 Å². The largest absolute Gasteiger partial charge is 0.494 e. The quantitative estimate of drug-likeness (QED) is 0.274. The van der Waals surface area contributed by atoms with Crippen molar-refractivity contribution in [2.75, 3.05) is 26.9 Å². The fraction of sp³-hybridized carbons (Fsp3) is 0.167. The minimum absolute atomic E-state index is 0.0239. The van der Waals surface area contributed by atoms with E-state index in [2.05, 4.69) is 0 Å². The summed E-state index contributed by atoms with van der Waals surface area (Å²) in [6.45, 7) is -0.0335. The molecule has 0 N–H and O–H groups in total. The Morgan fingerprint density at radius 2 is 1.55 bits per heavy atom. The van der Waals surface area contributed by atoms with Crippen LogP contribution >= 0.6 is 0 Å². The first kappa shape index (κ1) is 21.8. The van der Waals surface area contributed by atoms with E-state index >= 15 is 0 Å². The molecular formula is C24H21FO6. The summed E-state index contributed by atoms with van der Waals surface area (Å²) in [5, 5.41) is 0. The van der Waals surface area contributed by atoms with Gasteiger partial charge in [0.1, 0.15) is 30.3 Å². The minimum Gasteiger partial charge on any atom is -0.494 e. The van der Waals surface area contributed by atoms with E-state index < -0.39 is 24.2 Å². The number of para-hydroxylation sites is 2. The first-order valence-corrected chi connectivity index (χ1v) is 9.52.